The molecule has 4 aromatic rings. The van der Waals surface area contributed by atoms with Crippen molar-refractivity contribution in [1.29, 1.82) is 5.26 Å². The number of hydrogen-bond donors (Lipinski definition) is 0. The molecule has 0 aliphatic heterocycles. The van der Waals surface area contributed by atoms with E-state index in [9.17, 15) is 14.9 Å². The van der Waals surface area contributed by atoms with Gasteiger partial charge in [0.1, 0.15) is 21.3 Å². The predicted molar refractivity (Wildman–Crippen MR) is 133 cm³/mol. The van der Waals surface area contributed by atoms with E-state index in [2.05, 4.69) is 11.1 Å². The van der Waals surface area contributed by atoms with Crippen LogP contribution in [0.1, 0.15) is 27.3 Å². The van der Waals surface area contributed by atoms with Gasteiger partial charge in [0.15, 0.2) is 0 Å². The van der Waals surface area contributed by atoms with Gasteiger partial charge in [0.05, 0.1) is 27.4 Å². The molecule has 2 aromatic carbocycles. The Bertz CT molecular complexity index is 1520. The van der Waals surface area contributed by atoms with Crippen LogP contribution in [0.5, 0.6) is 0 Å². The molecule has 0 radical (unpaired) electrons. The van der Waals surface area contributed by atoms with Crippen molar-refractivity contribution in [1.82, 2.24) is 9.55 Å². The minimum atomic E-state index is -0.422. The summed E-state index contributed by atoms with van der Waals surface area (Å²) < 4.78 is 13.6. The molecular formula is C25H21N3O4S2. The molecule has 7 nitrogen and oxygen atoms in total. The van der Waals surface area contributed by atoms with E-state index in [1.165, 1.54) is 29.8 Å². The van der Waals surface area contributed by atoms with Crippen LogP contribution in [0.2, 0.25) is 0 Å². The summed E-state index contributed by atoms with van der Waals surface area (Å²) in [6, 6.07) is 16.8. The van der Waals surface area contributed by atoms with Crippen molar-refractivity contribution in [2.24, 2.45) is 0 Å². The number of benzene rings is 2. The van der Waals surface area contributed by atoms with E-state index in [0.29, 0.717) is 44.9 Å². The van der Waals surface area contributed by atoms with Crippen molar-refractivity contribution in [2.45, 2.75) is 13.0 Å². The summed E-state index contributed by atoms with van der Waals surface area (Å²) in [7, 11) is 2.94. The van der Waals surface area contributed by atoms with E-state index in [1.54, 1.807) is 42.0 Å². The second kappa shape index (κ2) is 10.6. The maximum absolute atomic E-state index is 13.3. The van der Waals surface area contributed by atoms with E-state index < -0.39 is 5.97 Å². The first-order chi connectivity index (χ1) is 16.5. The molecule has 34 heavy (non-hydrogen) atoms. The van der Waals surface area contributed by atoms with Crippen LogP contribution >= 0.6 is 22.7 Å². The van der Waals surface area contributed by atoms with E-state index in [4.69, 9.17) is 9.47 Å². The number of hydrogen-bond acceptors (Lipinski definition) is 8. The second-order valence-corrected chi connectivity index (χ2v) is 9.37. The molecular weight excluding hydrogens is 470 g/mol. The molecule has 4 rings (SSSR count). The zero-order valence-corrected chi connectivity index (χ0v) is 20.2. The van der Waals surface area contributed by atoms with Gasteiger partial charge < -0.3 is 9.47 Å². The molecule has 0 spiro atoms. The molecule has 0 fully saturated rings. The third-order valence-corrected chi connectivity index (χ3v) is 7.29. The van der Waals surface area contributed by atoms with Crippen LogP contribution in [0.3, 0.4) is 0 Å². The molecule has 0 unspecified atom stereocenters. The number of para-hydroxylation sites is 1. The molecule has 0 amide bonds. The maximum Gasteiger partial charge on any atom is 0.337 e. The van der Waals surface area contributed by atoms with E-state index in [1.807, 2.05) is 24.3 Å². The lowest BCUT2D eigenvalue weighted by atomic mass is 10.1. The topological polar surface area (TPSA) is 94.2 Å². The standard InChI is InChI=1S/C25H21N3O4S2/c1-31-13-5-12-28-23(29)21(14-16-8-10-17(11-9-16)25(30)32-2)34-24(28)18(15-26)22-27-19-6-3-4-7-20(19)33-22/h3-4,6-11,14H,5,12-13H2,1-2H3/b21-14+,24-18-. The summed E-state index contributed by atoms with van der Waals surface area (Å²) in [5.41, 5.74) is 2.21. The first kappa shape index (κ1) is 23.6. The minimum absolute atomic E-state index is 0.179. The van der Waals surface area contributed by atoms with Crippen LogP contribution in [0.15, 0.2) is 53.3 Å². The highest BCUT2D eigenvalue weighted by molar-refractivity contribution is 7.19. The third kappa shape index (κ3) is 4.84. The van der Waals surface area contributed by atoms with Gasteiger partial charge in [-0.05, 0) is 42.3 Å². The number of ether oxygens (including phenoxy) is 2. The molecule has 172 valence electrons. The van der Waals surface area contributed by atoms with E-state index in [-0.39, 0.29) is 5.56 Å². The monoisotopic (exact) mass is 491 g/mol. The van der Waals surface area contributed by atoms with Gasteiger partial charge in [0, 0.05) is 20.3 Å². The molecule has 0 saturated heterocycles. The van der Waals surface area contributed by atoms with Gasteiger partial charge in [-0.15, -0.1) is 22.7 Å². The van der Waals surface area contributed by atoms with Crippen molar-refractivity contribution in [2.75, 3.05) is 20.8 Å². The number of carbonyl (C=O) groups is 1. The Morgan fingerprint density at radius 2 is 1.91 bits per heavy atom. The molecule has 9 heteroatoms. The first-order valence-electron chi connectivity index (χ1n) is 10.4. The summed E-state index contributed by atoms with van der Waals surface area (Å²) in [5, 5.41) is 10.6. The summed E-state index contributed by atoms with van der Waals surface area (Å²) in [6.45, 7) is 0.919. The predicted octanol–water partition coefficient (Wildman–Crippen LogP) is 2.89. The van der Waals surface area contributed by atoms with E-state index >= 15 is 0 Å². The Balaban J connectivity index is 1.88. The average molecular weight is 492 g/mol. The largest absolute Gasteiger partial charge is 0.465 e. The number of methoxy groups -OCH3 is 2. The summed E-state index contributed by atoms with van der Waals surface area (Å²) in [5.74, 6) is -0.422. The quantitative estimate of drug-likeness (QED) is 0.292. The number of fused-ring (bicyclic) bond motifs is 1. The fourth-order valence-electron chi connectivity index (χ4n) is 3.43. The zero-order valence-electron chi connectivity index (χ0n) is 18.6. The van der Waals surface area contributed by atoms with Crippen molar-refractivity contribution < 1.29 is 14.3 Å². The highest BCUT2D eigenvalue weighted by Gasteiger charge is 2.15. The van der Waals surface area contributed by atoms with Crippen LogP contribution in [-0.4, -0.2) is 36.3 Å². The molecule has 0 bridgehead atoms. The molecule has 0 saturated carbocycles. The summed E-state index contributed by atoms with van der Waals surface area (Å²) in [6.07, 6.45) is 2.39. The van der Waals surface area contributed by atoms with Gasteiger partial charge in [-0.1, -0.05) is 24.3 Å². The molecule has 2 aromatic heterocycles. The highest BCUT2D eigenvalue weighted by atomic mass is 32.1. The first-order valence-corrected chi connectivity index (χ1v) is 12.1. The number of nitrogens with zero attached hydrogens (tertiary/aromatic N) is 3. The fraction of sp³-hybridized carbons (Fsp3) is 0.200. The third-order valence-electron chi connectivity index (χ3n) is 5.10. The molecule has 0 aliphatic carbocycles. The van der Waals surface area contributed by atoms with E-state index in [0.717, 1.165) is 15.8 Å². The number of nitriles is 1. The van der Waals surface area contributed by atoms with Crippen LogP contribution in [0.4, 0.5) is 0 Å². The maximum atomic E-state index is 13.3. The summed E-state index contributed by atoms with van der Waals surface area (Å²) >= 11 is 2.69. The van der Waals surface area contributed by atoms with Gasteiger partial charge in [0.2, 0.25) is 0 Å². The summed E-state index contributed by atoms with van der Waals surface area (Å²) in [4.78, 5) is 29.6. The van der Waals surface area contributed by atoms with Gasteiger partial charge in [-0.25, -0.2) is 9.78 Å². The van der Waals surface area contributed by atoms with Crippen LogP contribution in [-0.2, 0) is 16.0 Å². The smallest absolute Gasteiger partial charge is 0.337 e. The van der Waals surface area contributed by atoms with Gasteiger partial charge in [-0.2, -0.15) is 5.26 Å². The van der Waals surface area contributed by atoms with Crippen molar-refractivity contribution >= 4 is 50.5 Å². The molecule has 0 N–H and O–H groups in total. The van der Waals surface area contributed by atoms with Crippen molar-refractivity contribution in [3.05, 3.63) is 84.2 Å². The average Bonchev–Trinajstić information content (AvgIpc) is 3.41. The van der Waals surface area contributed by atoms with Gasteiger partial charge in [0.25, 0.3) is 5.56 Å². The van der Waals surface area contributed by atoms with Crippen LogP contribution in [0, 0.1) is 11.3 Å². The van der Waals surface area contributed by atoms with Gasteiger partial charge >= 0.3 is 5.97 Å². The number of esters is 1. The highest BCUT2D eigenvalue weighted by Crippen LogP contribution is 2.25. The lowest BCUT2D eigenvalue weighted by Crippen LogP contribution is -2.32. The van der Waals surface area contributed by atoms with Crippen molar-refractivity contribution in [3.63, 3.8) is 0 Å². The van der Waals surface area contributed by atoms with Gasteiger partial charge in [-0.3, -0.25) is 9.36 Å². The molecule has 0 aliphatic rings. The zero-order chi connectivity index (χ0) is 24.1. The Labute approximate surface area is 203 Å². The van der Waals surface area contributed by atoms with Crippen LogP contribution in [0.25, 0.3) is 21.9 Å². The lowest BCUT2D eigenvalue weighted by Gasteiger charge is -2.02. The normalized spacial score (nSPS) is 12.6. The van der Waals surface area contributed by atoms with Crippen molar-refractivity contribution in [3.8, 4) is 6.07 Å². The number of thiazole rings is 2. The van der Waals surface area contributed by atoms with Crippen LogP contribution < -0.4 is 14.8 Å². The molecule has 0 atom stereocenters. The lowest BCUT2D eigenvalue weighted by molar-refractivity contribution is 0.0600. The SMILES string of the molecule is COCCCn1c(=O)/c(=C\c2ccc(C(=O)OC)cc2)s/c1=C(/C#N)c1nc2ccccc2s1. The number of aromatic nitrogens is 2. The molecule has 2 heterocycles. The number of rotatable bonds is 7. The Hall–Kier alpha value is -3.58. The number of carbonyl (C=O) groups excluding carboxylic acids is 1. The fourth-order valence-corrected chi connectivity index (χ4v) is 5.58. The minimum Gasteiger partial charge on any atom is -0.465 e. The Kier molecular flexibility index (Phi) is 7.33. The Morgan fingerprint density at radius 3 is 2.59 bits per heavy atom. The second-order valence-electron chi connectivity index (χ2n) is 7.31. The Morgan fingerprint density at radius 1 is 1.15 bits per heavy atom.